The van der Waals surface area contributed by atoms with Gasteiger partial charge >= 0.3 is 12.4 Å². The van der Waals surface area contributed by atoms with Crippen LogP contribution in [0.4, 0.5) is 35.1 Å². The predicted molar refractivity (Wildman–Crippen MR) is 127 cm³/mol. The number of likely N-dealkylation sites (tertiary alicyclic amines) is 1. The maximum Gasteiger partial charge on any atom is 0.430 e. The van der Waals surface area contributed by atoms with Gasteiger partial charge in [-0.2, -0.15) is 31.3 Å². The number of amides is 1. The minimum absolute atomic E-state index is 0.0894. The Kier molecular flexibility index (Phi) is 7.71. The summed E-state index contributed by atoms with van der Waals surface area (Å²) in [4.78, 5) is 22.8. The lowest BCUT2D eigenvalue weighted by Crippen LogP contribution is -2.54. The van der Waals surface area contributed by atoms with Crippen LogP contribution in [0.2, 0.25) is 0 Å². The molecule has 1 aliphatic rings. The number of carbonyl (C=O) groups is 1. The van der Waals surface area contributed by atoms with Crippen LogP contribution in [0.25, 0.3) is 21.3 Å². The maximum atomic E-state index is 14.2. The van der Waals surface area contributed by atoms with Crippen molar-refractivity contribution in [3.8, 4) is 21.3 Å². The van der Waals surface area contributed by atoms with E-state index in [2.05, 4.69) is 15.1 Å². The molecule has 1 amide bonds. The van der Waals surface area contributed by atoms with Gasteiger partial charge < -0.3 is 19.6 Å². The zero-order valence-corrected chi connectivity index (χ0v) is 22.3. The molecule has 1 saturated heterocycles. The lowest BCUT2D eigenvalue weighted by Gasteiger charge is -2.33. The molecule has 1 fully saturated rings. The first kappa shape index (κ1) is 30.8. The summed E-state index contributed by atoms with van der Waals surface area (Å²) in [7, 11) is 0. The average molecular weight is 615 g/mol. The number of carbonyl (C=O) groups excluding carboxylic acids is 1. The number of aromatic nitrogens is 3. The van der Waals surface area contributed by atoms with Crippen LogP contribution in [0, 0.1) is 0 Å². The minimum Gasteiger partial charge on any atom is -0.381 e. The van der Waals surface area contributed by atoms with E-state index in [1.165, 1.54) is 18.7 Å². The van der Waals surface area contributed by atoms with E-state index in [1.54, 1.807) is 6.92 Å². The second-order valence-electron chi connectivity index (χ2n) is 9.98. The molecule has 2 aromatic heterocycles. The largest absolute Gasteiger partial charge is 0.430 e. The number of benzene rings is 1. The lowest BCUT2D eigenvalue weighted by atomic mass is 9.89. The van der Waals surface area contributed by atoms with Crippen molar-refractivity contribution in [1.29, 1.82) is 0 Å². The number of hydrogen-bond acceptors (Lipinski definition) is 8. The van der Waals surface area contributed by atoms with Crippen molar-refractivity contribution < 1.29 is 54.7 Å². The van der Waals surface area contributed by atoms with Gasteiger partial charge in [-0.1, -0.05) is 17.3 Å². The Balaban J connectivity index is 1.93. The van der Waals surface area contributed by atoms with Crippen molar-refractivity contribution in [3.05, 3.63) is 40.9 Å². The average Bonchev–Trinajstić information content (AvgIpc) is 3.60. The SMILES string of the molecule is C[C@H]1CCCN1C(=O)c1nc(-c2noc(C(C)(C)O)n2)sc1-c1ccc(C(O)(C(F)(F)F)C(F)(F)F)cc1C(F)F. The molecule has 1 atom stereocenters. The van der Waals surface area contributed by atoms with E-state index in [4.69, 9.17) is 4.52 Å². The van der Waals surface area contributed by atoms with Gasteiger partial charge in [0.05, 0.1) is 4.88 Å². The van der Waals surface area contributed by atoms with E-state index < -0.39 is 58.3 Å². The third-order valence-corrected chi connectivity index (χ3v) is 7.64. The summed E-state index contributed by atoms with van der Waals surface area (Å²) < 4.78 is 114. The Morgan fingerprint density at radius 2 is 1.73 bits per heavy atom. The number of aliphatic hydroxyl groups is 2. The molecule has 0 radical (unpaired) electrons. The zero-order valence-electron chi connectivity index (χ0n) is 21.4. The van der Waals surface area contributed by atoms with E-state index in [1.807, 2.05) is 0 Å². The van der Waals surface area contributed by atoms with Crippen molar-refractivity contribution in [1.82, 2.24) is 20.0 Å². The molecule has 3 aromatic rings. The van der Waals surface area contributed by atoms with Gasteiger partial charge in [-0.25, -0.2) is 13.8 Å². The lowest BCUT2D eigenvalue weighted by molar-refractivity contribution is -0.376. The smallest absolute Gasteiger partial charge is 0.381 e. The van der Waals surface area contributed by atoms with Crippen molar-refractivity contribution in [2.75, 3.05) is 6.54 Å². The first-order valence-electron chi connectivity index (χ1n) is 11.9. The fourth-order valence-electron chi connectivity index (χ4n) is 4.34. The summed E-state index contributed by atoms with van der Waals surface area (Å²) in [6, 6.07) is 0.403. The molecule has 4 rings (SSSR count). The number of nitrogens with zero attached hydrogens (tertiary/aromatic N) is 4. The molecular formula is C24H22F8N4O4S. The second kappa shape index (κ2) is 10.3. The third kappa shape index (κ3) is 5.41. The Morgan fingerprint density at radius 3 is 2.22 bits per heavy atom. The van der Waals surface area contributed by atoms with Gasteiger partial charge in [0.15, 0.2) is 5.01 Å². The molecule has 3 heterocycles. The molecule has 0 unspecified atom stereocenters. The van der Waals surface area contributed by atoms with Crippen LogP contribution >= 0.6 is 11.3 Å². The van der Waals surface area contributed by atoms with Crippen LogP contribution in [-0.4, -0.2) is 61.1 Å². The molecule has 0 bridgehead atoms. The summed E-state index contributed by atoms with van der Waals surface area (Å²) in [6.45, 7) is 4.70. The summed E-state index contributed by atoms with van der Waals surface area (Å²) >= 11 is 0.569. The van der Waals surface area contributed by atoms with Crippen LogP contribution < -0.4 is 0 Å². The summed E-state index contributed by atoms with van der Waals surface area (Å²) in [5.74, 6) is -1.22. The third-order valence-electron chi connectivity index (χ3n) is 6.55. The first-order chi connectivity index (χ1) is 18.8. The normalized spacial score (nSPS) is 17.1. The number of alkyl halides is 8. The van der Waals surface area contributed by atoms with Gasteiger partial charge in [-0.15, -0.1) is 11.3 Å². The first-order valence-corrected chi connectivity index (χ1v) is 12.8. The van der Waals surface area contributed by atoms with Gasteiger partial charge in [-0.05, 0) is 39.7 Å². The van der Waals surface area contributed by atoms with Crippen molar-refractivity contribution in [3.63, 3.8) is 0 Å². The summed E-state index contributed by atoms with van der Waals surface area (Å²) in [6.07, 6.45) is -15.0. The number of halogens is 8. The molecule has 17 heteroatoms. The molecule has 2 N–H and O–H groups in total. The van der Waals surface area contributed by atoms with E-state index in [9.17, 15) is 50.1 Å². The van der Waals surface area contributed by atoms with Crippen LogP contribution in [0.15, 0.2) is 22.7 Å². The van der Waals surface area contributed by atoms with Gasteiger partial charge in [0.1, 0.15) is 11.3 Å². The monoisotopic (exact) mass is 614 g/mol. The molecule has 0 saturated carbocycles. The van der Waals surface area contributed by atoms with Crippen LogP contribution in [0.5, 0.6) is 0 Å². The summed E-state index contributed by atoms with van der Waals surface area (Å²) in [5.41, 5.74) is -11.2. The number of thiazole rings is 1. The van der Waals surface area contributed by atoms with Crippen LogP contribution in [-0.2, 0) is 11.2 Å². The highest BCUT2D eigenvalue weighted by Gasteiger charge is 2.71. The topological polar surface area (TPSA) is 113 Å². The Bertz CT molecular complexity index is 1430. The number of hydrogen-bond donors (Lipinski definition) is 2. The van der Waals surface area contributed by atoms with Crippen LogP contribution in [0.1, 0.15) is 67.5 Å². The Labute approximate surface area is 230 Å². The second-order valence-corrected chi connectivity index (χ2v) is 11.0. The number of rotatable bonds is 6. The predicted octanol–water partition coefficient (Wildman–Crippen LogP) is 5.96. The fourth-order valence-corrected chi connectivity index (χ4v) is 5.37. The Morgan fingerprint density at radius 1 is 1.10 bits per heavy atom. The van der Waals surface area contributed by atoms with Crippen molar-refractivity contribution in [2.24, 2.45) is 0 Å². The quantitative estimate of drug-likeness (QED) is 0.330. The van der Waals surface area contributed by atoms with Gasteiger partial charge in [-0.3, -0.25) is 4.79 Å². The minimum atomic E-state index is -6.30. The highest BCUT2D eigenvalue weighted by molar-refractivity contribution is 7.18. The standard InChI is InChI=1S/C24H22F8N4O4S/c1-10-5-4-8-36(10)19(37)14-15(41-18(33-14)17-34-20(40-35-17)21(2,3)38)12-7-6-11(9-13(12)16(25)26)22(39,23(27,28)29)24(30,31)32/h6-7,9-10,16,38-39H,4-5,8H2,1-3H3/t10-/m0/s1. The van der Waals surface area contributed by atoms with Gasteiger partial charge in [0, 0.05) is 29.3 Å². The maximum absolute atomic E-state index is 14.2. The van der Waals surface area contributed by atoms with E-state index in [0.717, 1.165) is 0 Å². The van der Waals surface area contributed by atoms with E-state index in [0.29, 0.717) is 36.8 Å². The van der Waals surface area contributed by atoms with Crippen molar-refractivity contribution >= 4 is 17.2 Å². The Hall–Kier alpha value is -3.18. The molecule has 8 nitrogen and oxygen atoms in total. The molecule has 0 spiro atoms. The van der Waals surface area contributed by atoms with E-state index >= 15 is 0 Å². The molecule has 1 aliphatic heterocycles. The van der Waals surface area contributed by atoms with Crippen molar-refractivity contribution in [2.45, 2.75) is 69.6 Å². The molecular weight excluding hydrogens is 592 g/mol. The van der Waals surface area contributed by atoms with Crippen LogP contribution in [0.3, 0.4) is 0 Å². The van der Waals surface area contributed by atoms with Gasteiger partial charge in [0.25, 0.3) is 23.8 Å². The van der Waals surface area contributed by atoms with E-state index in [-0.39, 0.29) is 39.8 Å². The molecule has 41 heavy (non-hydrogen) atoms. The zero-order chi connectivity index (χ0) is 30.7. The molecule has 0 aliphatic carbocycles. The van der Waals surface area contributed by atoms with Gasteiger partial charge in [0.2, 0.25) is 5.82 Å². The molecule has 224 valence electrons. The fraction of sp³-hybridized carbons (Fsp3) is 0.500. The highest BCUT2D eigenvalue weighted by Crippen LogP contribution is 2.51. The molecule has 1 aromatic carbocycles. The summed E-state index contributed by atoms with van der Waals surface area (Å²) in [5, 5.41) is 23.4. The highest BCUT2D eigenvalue weighted by atomic mass is 32.1.